The van der Waals surface area contributed by atoms with Crippen LogP contribution in [0.15, 0.2) is 47.8 Å². The second-order valence-corrected chi connectivity index (χ2v) is 5.00. The lowest BCUT2D eigenvalue weighted by molar-refractivity contribution is 0.384. The van der Waals surface area contributed by atoms with Crippen LogP contribution >= 0.6 is 0 Å². The van der Waals surface area contributed by atoms with Gasteiger partial charge in [0.2, 0.25) is 0 Å². The molecule has 0 saturated carbocycles. The standard InChI is InChI=1S/C16H24O/c1-6-13(16(17)7-2)15-10-12(5)8-9-14(15)11(3)4/h7,10,14-15,17H,2-3,6,8-9H2,1,4-5H3/b16-13+/t14-,15-/m0/s1. The number of aliphatic hydroxyl groups is 1. The van der Waals surface area contributed by atoms with E-state index in [0.29, 0.717) is 17.6 Å². The highest BCUT2D eigenvalue weighted by atomic mass is 16.3. The molecule has 1 nitrogen and oxygen atoms in total. The maximum Gasteiger partial charge on any atom is 0.114 e. The lowest BCUT2D eigenvalue weighted by atomic mass is 9.73. The topological polar surface area (TPSA) is 20.2 Å². The first kappa shape index (κ1) is 13.8. The maximum atomic E-state index is 9.96. The van der Waals surface area contributed by atoms with Crippen LogP contribution in [0.25, 0.3) is 0 Å². The smallest absolute Gasteiger partial charge is 0.114 e. The van der Waals surface area contributed by atoms with Crippen molar-refractivity contribution in [3.05, 3.63) is 47.8 Å². The van der Waals surface area contributed by atoms with Crippen LogP contribution in [-0.2, 0) is 0 Å². The van der Waals surface area contributed by atoms with E-state index in [4.69, 9.17) is 0 Å². The van der Waals surface area contributed by atoms with E-state index in [2.05, 4.69) is 40.0 Å². The largest absolute Gasteiger partial charge is 0.508 e. The van der Waals surface area contributed by atoms with E-state index in [-0.39, 0.29) is 0 Å². The Morgan fingerprint density at radius 3 is 2.71 bits per heavy atom. The molecule has 0 saturated heterocycles. The van der Waals surface area contributed by atoms with Gasteiger partial charge >= 0.3 is 0 Å². The van der Waals surface area contributed by atoms with Crippen LogP contribution in [-0.4, -0.2) is 5.11 Å². The van der Waals surface area contributed by atoms with Gasteiger partial charge in [0.25, 0.3) is 0 Å². The van der Waals surface area contributed by atoms with Crippen molar-refractivity contribution in [3.8, 4) is 0 Å². The zero-order valence-electron chi connectivity index (χ0n) is 11.3. The molecular weight excluding hydrogens is 208 g/mol. The predicted molar refractivity (Wildman–Crippen MR) is 74.9 cm³/mol. The van der Waals surface area contributed by atoms with E-state index in [1.165, 1.54) is 11.1 Å². The first-order valence-electron chi connectivity index (χ1n) is 6.38. The van der Waals surface area contributed by atoms with Crippen molar-refractivity contribution in [2.24, 2.45) is 11.8 Å². The molecule has 94 valence electrons. The van der Waals surface area contributed by atoms with E-state index in [1.807, 2.05) is 0 Å². The summed E-state index contributed by atoms with van der Waals surface area (Å²) < 4.78 is 0. The lowest BCUT2D eigenvalue weighted by Crippen LogP contribution is -2.21. The molecule has 0 unspecified atom stereocenters. The number of hydrogen-bond donors (Lipinski definition) is 1. The van der Waals surface area contributed by atoms with Gasteiger partial charge in [0.15, 0.2) is 0 Å². The summed E-state index contributed by atoms with van der Waals surface area (Å²) in [6.07, 6.45) is 6.97. The van der Waals surface area contributed by atoms with Gasteiger partial charge in [0.05, 0.1) is 0 Å². The highest BCUT2D eigenvalue weighted by Gasteiger charge is 2.27. The SMILES string of the molecule is C=C/C(O)=C(/CC)[C@@H]1C=C(C)CC[C@H]1C(=C)C. The molecule has 0 amide bonds. The average molecular weight is 232 g/mol. The third-order valence-corrected chi connectivity index (χ3v) is 3.69. The Morgan fingerprint density at radius 1 is 1.59 bits per heavy atom. The zero-order valence-corrected chi connectivity index (χ0v) is 11.3. The summed E-state index contributed by atoms with van der Waals surface area (Å²) in [6, 6.07) is 0. The quantitative estimate of drug-likeness (QED) is 0.413. The minimum absolute atomic E-state index is 0.296. The molecule has 1 heteroatoms. The molecule has 0 radical (unpaired) electrons. The highest BCUT2D eigenvalue weighted by molar-refractivity contribution is 5.29. The average Bonchev–Trinajstić information content (AvgIpc) is 2.29. The summed E-state index contributed by atoms with van der Waals surface area (Å²) >= 11 is 0. The summed E-state index contributed by atoms with van der Waals surface area (Å²) in [7, 11) is 0. The molecule has 0 spiro atoms. The molecule has 0 aromatic heterocycles. The summed E-state index contributed by atoms with van der Waals surface area (Å²) in [5.41, 5.74) is 3.71. The predicted octanol–water partition coefficient (Wildman–Crippen LogP) is 4.94. The van der Waals surface area contributed by atoms with Crippen molar-refractivity contribution in [2.75, 3.05) is 0 Å². The molecule has 0 aromatic carbocycles. The minimum Gasteiger partial charge on any atom is -0.508 e. The fourth-order valence-electron chi connectivity index (χ4n) is 2.68. The normalized spacial score (nSPS) is 25.9. The number of allylic oxidation sites excluding steroid dienone is 5. The van der Waals surface area contributed by atoms with Gasteiger partial charge in [-0.15, -0.1) is 0 Å². The molecule has 0 aromatic rings. The van der Waals surface area contributed by atoms with E-state index < -0.39 is 0 Å². The van der Waals surface area contributed by atoms with Crippen molar-refractivity contribution in [1.82, 2.24) is 0 Å². The highest BCUT2D eigenvalue weighted by Crippen LogP contribution is 2.39. The molecule has 0 aliphatic heterocycles. The molecular formula is C16H24O. The first-order valence-corrected chi connectivity index (χ1v) is 6.38. The van der Waals surface area contributed by atoms with Gasteiger partial charge in [0.1, 0.15) is 5.76 Å². The van der Waals surface area contributed by atoms with Gasteiger partial charge in [-0.25, -0.2) is 0 Å². The monoisotopic (exact) mass is 232 g/mol. The second kappa shape index (κ2) is 5.90. The van der Waals surface area contributed by atoms with E-state index in [0.717, 1.165) is 24.8 Å². The Hall–Kier alpha value is -1.24. The number of rotatable bonds is 4. The van der Waals surface area contributed by atoms with Crippen LogP contribution in [0.4, 0.5) is 0 Å². The first-order chi connectivity index (χ1) is 8.01. The Morgan fingerprint density at radius 2 is 2.24 bits per heavy atom. The fraction of sp³-hybridized carbons (Fsp3) is 0.500. The van der Waals surface area contributed by atoms with E-state index in [1.54, 1.807) is 6.08 Å². The third kappa shape index (κ3) is 3.12. The molecule has 0 fully saturated rings. The third-order valence-electron chi connectivity index (χ3n) is 3.69. The van der Waals surface area contributed by atoms with Gasteiger partial charge in [-0.3, -0.25) is 0 Å². The van der Waals surface area contributed by atoms with Crippen LogP contribution in [0.1, 0.15) is 40.0 Å². The minimum atomic E-state index is 0.296. The Kier molecular flexibility index (Phi) is 4.80. The van der Waals surface area contributed by atoms with Crippen LogP contribution < -0.4 is 0 Å². The Labute approximate surface area is 105 Å². The van der Waals surface area contributed by atoms with Gasteiger partial charge in [0, 0.05) is 5.92 Å². The summed E-state index contributed by atoms with van der Waals surface area (Å²) in [5.74, 6) is 1.09. The molecule has 0 bridgehead atoms. The molecule has 1 aliphatic carbocycles. The van der Waals surface area contributed by atoms with Crippen molar-refractivity contribution in [1.29, 1.82) is 0 Å². The Balaban J connectivity index is 3.16. The van der Waals surface area contributed by atoms with Crippen molar-refractivity contribution in [3.63, 3.8) is 0 Å². The number of aliphatic hydroxyl groups excluding tert-OH is 1. The van der Waals surface area contributed by atoms with Gasteiger partial charge in [-0.1, -0.05) is 37.3 Å². The second-order valence-electron chi connectivity index (χ2n) is 5.00. The summed E-state index contributed by atoms with van der Waals surface area (Å²) in [5, 5.41) is 9.96. The summed E-state index contributed by atoms with van der Waals surface area (Å²) in [4.78, 5) is 0. The fourth-order valence-corrected chi connectivity index (χ4v) is 2.68. The van der Waals surface area contributed by atoms with Crippen LogP contribution in [0.2, 0.25) is 0 Å². The molecule has 0 heterocycles. The maximum absolute atomic E-state index is 9.96. The van der Waals surface area contributed by atoms with Crippen molar-refractivity contribution in [2.45, 2.75) is 40.0 Å². The van der Waals surface area contributed by atoms with E-state index >= 15 is 0 Å². The molecule has 1 aliphatic rings. The van der Waals surface area contributed by atoms with Crippen LogP contribution in [0.5, 0.6) is 0 Å². The molecule has 1 N–H and O–H groups in total. The van der Waals surface area contributed by atoms with Gasteiger partial charge < -0.3 is 5.11 Å². The number of hydrogen-bond acceptors (Lipinski definition) is 1. The lowest BCUT2D eigenvalue weighted by Gasteiger charge is -2.32. The van der Waals surface area contributed by atoms with Crippen molar-refractivity contribution < 1.29 is 5.11 Å². The van der Waals surface area contributed by atoms with Gasteiger partial charge in [-0.05, 0) is 50.7 Å². The van der Waals surface area contributed by atoms with Crippen LogP contribution in [0.3, 0.4) is 0 Å². The van der Waals surface area contributed by atoms with Crippen molar-refractivity contribution >= 4 is 0 Å². The Bertz CT molecular complexity index is 371. The van der Waals surface area contributed by atoms with E-state index in [9.17, 15) is 5.11 Å². The van der Waals surface area contributed by atoms with Crippen LogP contribution in [0, 0.1) is 11.8 Å². The van der Waals surface area contributed by atoms with Gasteiger partial charge in [-0.2, -0.15) is 0 Å². The summed E-state index contributed by atoms with van der Waals surface area (Å²) in [6.45, 7) is 14.1. The zero-order chi connectivity index (χ0) is 13.0. The molecule has 2 atom stereocenters. The molecule has 17 heavy (non-hydrogen) atoms. The molecule has 1 rings (SSSR count).